The fraction of sp³-hybridized carbons (Fsp3) is 0.538. The number of alkyl halides is 1. The molecule has 0 heterocycles. The van der Waals surface area contributed by atoms with Gasteiger partial charge in [0.1, 0.15) is 11.5 Å². The van der Waals surface area contributed by atoms with E-state index in [0.717, 1.165) is 24.3 Å². The van der Waals surface area contributed by atoms with E-state index in [2.05, 4.69) is 12.1 Å². The minimum Gasteiger partial charge on any atom is -0.497 e. The monoisotopic (exact) mass is 240 g/mol. The van der Waals surface area contributed by atoms with Crippen molar-refractivity contribution in [2.75, 3.05) is 14.2 Å². The van der Waals surface area contributed by atoms with E-state index in [1.54, 1.807) is 14.2 Å². The average Bonchev–Trinajstić information content (AvgIpc) is 2.74. The Balaban J connectivity index is 2.31. The van der Waals surface area contributed by atoms with Crippen molar-refractivity contribution in [1.29, 1.82) is 0 Å². The van der Waals surface area contributed by atoms with Crippen molar-refractivity contribution >= 4 is 11.6 Å². The standard InChI is InChI=1S/C13H17ClO2/c1-15-10-6-9(7-11(8-10)16-2)12-4-3-5-13(12)14/h6-8,12-13H,3-5H2,1-2H3. The smallest absolute Gasteiger partial charge is 0.122 e. The van der Waals surface area contributed by atoms with E-state index in [1.165, 1.54) is 12.0 Å². The van der Waals surface area contributed by atoms with Crippen LogP contribution in [0.15, 0.2) is 18.2 Å². The van der Waals surface area contributed by atoms with Crippen molar-refractivity contribution in [2.45, 2.75) is 30.6 Å². The summed E-state index contributed by atoms with van der Waals surface area (Å²) >= 11 is 6.32. The number of methoxy groups -OCH3 is 2. The van der Waals surface area contributed by atoms with Gasteiger partial charge in [-0.15, -0.1) is 11.6 Å². The second-order valence-corrected chi connectivity index (χ2v) is 4.76. The minimum absolute atomic E-state index is 0.247. The summed E-state index contributed by atoms with van der Waals surface area (Å²) in [7, 11) is 3.34. The summed E-state index contributed by atoms with van der Waals surface area (Å²) in [5.74, 6) is 2.11. The highest BCUT2D eigenvalue weighted by molar-refractivity contribution is 6.21. The van der Waals surface area contributed by atoms with Crippen molar-refractivity contribution in [1.82, 2.24) is 0 Å². The number of ether oxygens (including phenoxy) is 2. The Kier molecular flexibility index (Phi) is 3.59. The molecule has 2 atom stereocenters. The Labute approximate surface area is 102 Å². The van der Waals surface area contributed by atoms with E-state index in [-0.39, 0.29) is 5.38 Å². The SMILES string of the molecule is COc1cc(OC)cc(C2CCCC2Cl)c1. The van der Waals surface area contributed by atoms with E-state index in [4.69, 9.17) is 21.1 Å². The molecule has 0 N–H and O–H groups in total. The summed E-state index contributed by atoms with van der Waals surface area (Å²) in [5, 5.41) is 0.247. The second-order valence-electron chi connectivity index (χ2n) is 4.20. The Morgan fingerprint density at radius 1 is 1.06 bits per heavy atom. The van der Waals surface area contributed by atoms with Gasteiger partial charge in [0.2, 0.25) is 0 Å². The Morgan fingerprint density at radius 3 is 2.12 bits per heavy atom. The lowest BCUT2D eigenvalue weighted by atomic mass is 9.97. The van der Waals surface area contributed by atoms with Crippen molar-refractivity contribution in [3.05, 3.63) is 23.8 Å². The first-order chi connectivity index (χ1) is 7.74. The first-order valence-electron chi connectivity index (χ1n) is 5.61. The highest BCUT2D eigenvalue weighted by atomic mass is 35.5. The van der Waals surface area contributed by atoms with Crippen LogP contribution in [0.25, 0.3) is 0 Å². The lowest BCUT2D eigenvalue weighted by Crippen LogP contribution is -2.05. The molecule has 0 spiro atoms. The average molecular weight is 241 g/mol. The van der Waals surface area contributed by atoms with Crippen LogP contribution in [-0.2, 0) is 0 Å². The van der Waals surface area contributed by atoms with Crippen LogP contribution in [0, 0.1) is 0 Å². The quantitative estimate of drug-likeness (QED) is 0.752. The molecule has 16 heavy (non-hydrogen) atoms. The van der Waals surface area contributed by atoms with Crippen molar-refractivity contribution in [2.24, 2.45) is 0 Å². The maximum Gasteiger partial charge on any atom is 0.122 e. The van der Waals surface area contributed by atoms with Crippen LogP contribution in [0.3, 0.4) is 0 Å². The molecule has 0 amide bonds. The summed E-state index contributed by atoms with van der Waals surface area (Å²) in [6.45, 7) is 0. The van der Waals surface area contributed by atoms with Gasteiger partial charge in [0, 0.05) is 17.4 Å². The van der Waals surface area contributed by atoms with Crippen LogP contribution < -0.4 is 9.47 Å². The lowest BCUT2D eigenvalue weighted by Gasteiger charge is -2.16. The van der Waals surface area contributed by atoms with Gasteiger partial charge in [-0.05, 0) is 30.5 Å². The van der Waals surface area contributed by atoms with E-state index in [1.807, 2.05) is 6.07 Å². The zero-order chi connectivity index (χ0) is 11.5. The third-order valence-corrected chi connectivity index (χ3v) is 3.76. The highest BCUT2D eigenvalue weighted by Crippen LogP contribution is 2.40. The largest absolute Gasteiger partial charge is 0.497 e. The molecule has 0 saturated heterocycles. The summed E-state index contributed by atoms with van der Waals surface area (Å²) < 4.78 is 10.5. The predicted octanol–water partition coefficient (Wildman–Crippen LogP) is 3.58. The normalized spacial score (nSPS) is 24.4. The van der Waals surface area contributed by atoms with Crippen molar-refractivity contribution < 1.29 is 9.47 Å². The number of hydrogen-bond acceptors (Lipinski definition) is 2. The maximum atomic E-state index is 6.32. The van der Waals surface area contributed by atoms with Gasteiger partial charge in [0.25, 0.3) is 0 Å². The third kappa shape index (κ3) is 2.27. The predicted molar refractivity (Wildman–Crippen MR) is 65.8 cm³/mol. The van der Waals surface area contributed by atoms with Crippen LogP contribution in [0.2, 0.25) is 0 Å². The topological polar surface area (TPSA) is 18.5 Å². The summed E-state index contributed by atoms with van der Waals surface area (Å²) in [6, 6.07) is 6.02. The van der Waals surface area contributed by atoms with Gasteiger partial charge in [-0.3, -0.25) is 0 Å². The molecule has 1 saturated carbocycles. The Morgan fingerprint density at radius 2 is 1.69 bits per heavy atom. The number of rotatable bonds is 3. The molecule has 3 heteroatoms. The third-order valence-electron chi connectivity index (χ3n) is 3.23. The van der Waals surface area contributed by atoms with Gasteiger partial charge in [0.05, 0.1) is 14.2 Å². The molecular weight excluding hydrogens is 224 g/mol. The molecule has 1 aliphatic rings. The van der Waals surface area contributed by atoms with Gasteiger partial charge in [-0.2, -0.15) is 0 Å². The summed E-state index contributed by atoms with van der Waals surface area (Å²) in [5.41, 5.74) is 1.23. The highest BCUT2D eigenvalue weighted by Gasteiger charge is 2.27. The molecule has 0 bridgehead atoms. The number of halogens is 1. The molecule has 0 aromatic heterocycles. The first-order valence-corrected chi connectivity index (χ1v) is 6.05. The maximum absolute atomic E-state index is 6.32. The Hall–Kier alpha value is -0.890. The van der Waals surface area contributed by atoms with Gasteiger partial charge in [0.15, 0.2) is 0 Å². The van der Waals surface area contributed by atoms with Crippen LogP contribution in [0.1, 0.15) is 30.7 Å². The van der Waals surface area contributed by atoms with Gasteiger partial charge >= 0.3 is 0 Å². The summed E-state index contributed by atoms with van der Waals surface area (Å²) in [4.78, 5) is 0. The molecule has 1 aromatic carbocycles. The number of hydrogen-bond donors (Lipinski definition) is 0. The van der Waals surface area contributed by atoms with E-state index < -0.39 is 0 Å². The van der Waals surface area contributed by atoms with Crippen molar-refractivity contribution in [3.63, 3.8) is 0 Å². The lowest BCUT2D eigenvalue weighted by molar-refractivity contribution is 0.392. The minimum atomic E-state index is 0.247. The van der Waals surface area contributed by atoms with E-state index >= 15 is 0 Å². The van der Waals surface area contributed by atoms with E-state index in [9.17, 15) is 0 Å². The molecule has 1 aromatic rings. The molecule has 2 nitrogen and oxygen atoms in total. The van der Waals surface area contributed by atoms with Gasteiger partial charge in [-0.1, -0.05) is 6.42 Å². The molecule has 88 valence electrons. The van der Waals surface area contributed by atoms with Gasteiger partial charge < -0.3 is 9.47 Å². The molecule has 1 aliphatic carbocycles. The molecule has 0 aliphatic heterocycles. The Bertz CT molecular complexity index is 343. The molecular formula is C13H17ClO2. The first kappa shape index (κ1) is 11.6. The number of benzene rings is 1. The molecule has 1 fully saturated rings. The zero-order valence-corrected chi connectivity index (χ0v) is 10.5. The fourth-order valence-corrected chi connectivity index (χ4v) is 2.76. The van der Waals surface area contributed by atoms with Crippen molar-refractivity contribution in [3.8, 4) is 11.5 Å². The van der Waals surface area contributed by atoms with Crippen LogP contribution in [0.4, 0.5) is 0 Å². The van der Waals surface area contributed by atoms with E-state index in [0.29, 0.717) is 5.92 Å². The zero-order valence-electron chi connectivity index (χ0n) is 9.70. The van der Waals surface area contributed by atoms with Crippen LogP contribution >= 0.6 is 11.6 Å². The molecule has 2 rings (SSSR count). The second kappa shape index (κ2) is 4.96. The molecule has 2 unspecified atom stereocenters. The van der Waals surface area contributed by atoms with Crippen LogP contribution in [0.5, 0.6) is 11.5 Å². The molecule has 0 radical (unpaired) electrons. The summed E-state index contributed by atoms with van der Waals surface area (Å²) in [6.07, 6.45) is 3.47. The fourth-order valence-electron chi connectivity index (χ4n) is 2.33. The van der Waals surface area contributed by atoms with Gasteiger partial charge in [-0.25, -0.2) is 0 Å². The van der Waals surface area contributed by atoms with Crippen LogP contribution in [-0.4, -0.2) is 19.6 Å².